The van der Waals surface area contributed by atoms with Crippen molar-refractivity contribution in [3.63, 3.8) is 0 Å². The normalized spacial score (nSPS) is 11.7. The van der Waals surface area contributed by atoms with Gasteiger partial charge in [-0.05, 0) is 28.3 Å². The summed E-state index contributed by atoms with van der Waals surface area (Å²) < 4.78 is 9.62. The maximum atomic E-state index is 12.1. The highest BCUT2D eigenvalue weighted by Gasteiger charge is 2.21. The minimum Gasteiger partial charge on any atom is -0.429 e. The molecule has 0 unspecified atom stereocenters. The van der Waals surface area contributed by atoms with E-state index in [9.17, 15) is 9.59 Å². The zero-order valence-corrected chi connectivity index (χ0v) is 14.1. The van der Waals surface area contributed by atoms with Crippen molar-refractivity contribution in [2.24, 2.45) is 5.73 Å². The van der Waals surface area contributed by atoms with Crippen LogP contribution in [0.3, 0.4) is 0 Å². The first-order valence-electron chi connectivity index (χ1n) is 8.28. The lowest BCUT2D eigenvalue weighted by molar-refractivity contribution is -0.141. The summed E-state index contributed by atoms with van der Waals surface area (Å²) >= 11 is 0. The van der Waals surface area contributed by atoms with Crippen molar-refractivity contribution in [2.45, 2.75) is 19.1 Å². The largest absolute Gasteiger partial charge is 0.516 e. The van der Waals surface area contributed by atoms with Crippen LogP contribution in [0.1, 0.15) is 11.1 Å². The van der Waals surface area contributed by atoms with Crippen LogP contribution in [0.25, 0.3) is 10.8 Å². The van der Waals surface area contributed by atoms with Crippen LogP contribution in [0.5, 0.6) is 0 Å². The molecule has 5 nitrogen and oxygen atoms in total. The molecule has 5 heteroatoms. The predicted molar refractivity (Wildman–Crippen MR) is 98.3 cm³/mol. The molecule has 3 rings (SSSR count). The van der Waals surface area contributed by atoms with Gasteiger partial charge in [0.15, 0.2) is 0 Å². The number of ether oxygens (including phenoxy) is 2. The smallest absolute Gasteiger partial charge is 0.429 e. The highest BCUT2D eigenvalue weighted by molar-refractivity contribution is 5.88. The maximum Gasteiger partial charge on any atom is 0.516 e. The lowest BCUT2D eigenvalue weighted by atomic mass is 9.99. The third-order valence-electron chi connectivity index (χ3n) is 4.01. The number of hydrogen-bond donors (Lipinski definition) is 1. The first-order valence-corrected chi connectivity index (χ1v) is 8.28. The van der Waals surface area contributed by atoms with E-state index in [0.29, 0.717) is 0 Å². The summed E-state index contributed by atoms with van der Waals surface area (Å²) in [6.45, 7) is 0.0332. The fourth-order valence-corrected chi connectivity index (χ4v) is 2.69. The number of carbonyl (C=O) groups is 2. The third-order valence-corrected chi connectivity index (χ3v) is 4.01. The zero-order valence-electron chi connectivity index (χ0n) is 14.1. The Labute approximate surface area is 151 Å². The SMILES string of the molecule is N[C@@H](Cc1cccc2ccccc12)C(=O)OC(=O)OCc1ccccc1. The van der Waals surface area contributed by atoms with Gasteiger partial charge in [-0.15, -0.1) is 0 Å². The Morgan fingerprint density at radius 2 is 1.58 bits per heavy atom. The summed E-state index contributed by atoms with van der Waals surface area (Å²) in [7, 11) is 0. The van der Waals surface area contributed by atoms with Gasteiger partial charge in [-0.2, -0.15) is 0 Å². The van der Waals surface area contributed by atoms with Gasteiger partial charge < -0.3 is 15.2 Å². The summed E-state index contributed by atoms with van der Waals surface area (Å²) in [5, 5.41) is 2.08. The average Bonchev–Trinajstić information content (AvgIpc) is 2.67. The number of nitrogens with two attached hydrogens (primary N) is 1. The molecule has 3 aromatic rings. The Morgan fingerprint density at radius 1 is 0.885 bits per heavy atom. The molecule has 0 spiro atoms. The number of rotatable bonds is 5. The molecule has 0 radical (unpaired) electrons. The Kier molecular flexibility index (Phi) is 5.61. The van der Waals surface area contributed by atoms with Gasteiger partial charge in [-0.1, -0.05) is 72.8 Å². The first kappa shape index (κ1) is 17.6. The van der Waals surface area contributed by atoms with E-state index in [0.717, 1.165) is 21.9 Å². The summed E-state index contributed by atoms with van der Waals surface area (Å²) in [5.41, 5.74) is 7.64. The molecule has 0 saturated carbocycles. The predicted octanol–water partition coefficient (Wildman–Crippen LogP) is 3.59. The Balaban J connectivity index is 1.56. The lowest BCUT2D eigenvalue weighted by Gasteiger charge is -2.12. The monoisotopic (exact) mass is 349 g/mol. The van der Waals surface area contributed by atoms with E-state index in [-0.39, 0.29) is 13.0 Å². The Morgan fingerprint density at radius 3 is 2.38 bits per heavy atom. The Bertz CT molecular complexity index is 903. The molecule has 0 amide bonds. The van der Waals surface area contributed by atoms with Crippen LogP contribution < -0.4 is 5.73 Å². The quantitative estimate of drug-likeness (QED) is 0.562. The van der Waals surface area contributed by atoms with Crippen LogP contribution in [-0.4, -0.2) is 18.2 Å². The molecule has 0 bridgehead atoms. The summed E-state index contributed by atoms with van der Waals surface area (Å²) in [6.07, 6.45) is -0.779. The molecule has 0 aliphatic rings. The van der Waals surface area contributed by atoms with Gasteiger partial charge in [0.05, 0.1) is 0 Å². The lowest BCUT2D eigenvalue weighted by Crippen LogP contribution is -2.35. The van der Waals surface area contributed by atoms with E-state index < -0.39 is 18.2 Å². The Hall–Kier alpha value is -3.18. The van der Waals surface area contributed by atoms with Gasteiger partial charge in [-0.25, -0.2) is 9.59 Å². The van der Waals surface area contributed by atoms with E-state index in [4.69, 9.17) is 15.2 Å². The minimum atomic E-state index is -1.05. The van der Waals surface area contributed by atoms with Gasteiger partial charge in [0, 0.05) is 0 Å². The fraction of sp³-hybridized carbons (Fsp3) is 0.143. The molecule has 132 valence electrons. The van der Waals surface area contributed by atoms with Crippen LogP contribution in [0.15, 0.2) is 72.8 Å². The number of esters is 1. The van der Waals surface area contributed by atoms with Crippen molar-refractivity contribution in [1.29, 1.82) is 0 Å². The van der Waals surface area contributed by atoms with Gasteiger partial charge in [0.2, 0.25) is 0 Å². The van der Waals surface area contributed by atoms with Crippen LogP contribution in [0.2, 0.25) is 0 Å². The molecule has 2 N–H and O–H groups in total. The van der Waals surface area contributed by atoms with E-state index in [1.807, 2.05) is 60.7 Å². The van der Waals surface area contributed by atoms with Gasteiger partial charge in [0.1, 0.15) is 12.6 Å². The maximum absolute atomic E-state index is 12.1. The molecular formula is C21H19NO4. The topological polar surface area (TPSA) is 78.6 Å². The molecule has 0 aromatic heterocycles. The second kappa shape index (κ2) is 8.27. The molecule has 0 saturated heterocycles. The second-order valence-corrected chi connectivity index (χ2v) is 5.89. The average molecular weight is 349 g/mol. The molecule has 26 heavy (non-hydrogen) atoms. The molecule has 0 aliphatic heterocycles. The number of benzene rings is 3. The van der Waals surface area contributed by atoms with Crippen LogP contribution in [-0.2, 0) is 27.3 Å². The second-order valence-electron chi connectivity index (χ2n) is 5.89. The summed E-state index contributed by atoms with van der Waals surface area (Å²) in [5.74, 6) is -0.809. The van der Waals surface area contributed by atoms with Crippen LogP contribution in [0.4, 0.5) is 4.79 Å². The number of fused-ring (bicyclic) bond motifs is 1. The van der Waals surface area contributed by atoms with Gasteiger partial charge in [0.25, 0.3) is 0 Å². The van der Waals surface area contributed by atoms with Crippen molar-refractivity contribution in [2.75, 3.05) is 0 Å². The standard InChI is InChI=1S/C21H19NO4/c22-19(13-17-11-6-10-16-9-4-5-12-18(16)17)20(23)26-21(24)25-14-15-7-2-1-3-8-15/h1-12,19H,13-14,22H2/t19-/m0/s1. The van der Waals surface area contributed by atoms with Crippen molar-refractivity contribution in [3.05, 3.63) is 83.9 Å². The summed E-state index contributed by atoms with van der Waals surface area (Å²) in [4.78, 5) is 23.7. The van der Waals surface area contributed by atoms with Gasteiger partial charge in [-0.3, -0.25) is 0 Å². The van der Waals surface area contributed by atoms with E-state index >= 15 is 0 Å². The minimum absolute atomic E-state index is 0.0332. The highest BCUT2D eigenvalue weighted by atomic mass is 16.7. The highest BCUT2D eigenvalue weighted by Crippen LogP contribution is 2.19. The van der Waals surface area contributed by atoms with Crippen molar-refractivity contribution < 1.29 is 19.1 Å². The van der Waals surface area contributed by atoms with Crippen molar-refractivity contribution >= 4 is 22.9 Å². The van der Waals surface area contributed by atoms with Crippen molar-refractivity contribution in [3.8, 4) is 0 Å². The van der Waals surface area contributed by atoms with E-state index in [1.165, 1.54) is 0 Å². The molecular weight excluding hydrogens is 330 g/mol. The third kappa shape index (κ3) is 4.46. The number of hydrogen-bond acceptors (Lipinski definition) is 5. The molecule has 3 aromatic carbocycles. The van der Waals surface area contributed by atoms with Crippen molar-refractivity contribution in [1.82, 2.24) is 0 Å². The molecule has 0 heterocycles. The first-order chi connectivity index (χ1) is 12.6. The zero-order chi connectivity index (χ0) is 18.4. The molecule has 0 aliphatic carbocycles. The summed E-state index contributed by atoms with van der Waals surface area (Å²) in [6, 6.07) is 21.8. The number of carbonyl (C=O) groups excluding carboxylic acids is 2. The van der Waals surface area contributed by atoms with Crippen LogP contribution >= 0.6 is 0 Å². The van der Waals surface area contributed by atoms with Gasteiger partial charge >= 0.3 is 12.1 Å². The molecule has 1 atom stereocenters. The van der Waals surface area contributed by atoms with E-state index in [2.05, 4.69) is 0 Å². The fourth-order valence-electron chi connectivity index (χ4n) is 2.69. The molecule has 0 fully saturated rings. The van der Waals surface area contributed by atoms with E-state index in [1.54, 1.807) is 12.1 Å². The van der Waals surface area contributed by atoms with Crippen LogP contribution in [0, 0.1) is 0 Å².